The van der Waals surface area contributed by atoms with Crippen LogP contribution in [0.15, 0.2) is 103 Å². The lowest BCUT2D eigenvalue weighted by Crippen LogP contribution is -2.05. The molecule has 0 atom stereocenters. The van der Waals surface area contributed by atoms with E-state index in [0.717, 1.165) is 38.6 Å². The van der Waals surface area contributed by atoms with E-state index in [2.05, 4.69) is 26.6 Å². The van der Waals surface area contributed by atoms with E-state index in [-0.39, 0.29) is 0 Å². The number of nitrogens with zero attached hydrogens (tertiary/aromatic N) is 3. The second-order valence-corrected chi connectivity index (χ2v) is 9.23. The molecule has 204 valence electrons. The molecule has 0 spiro atoms. The van der Waals surface area contributed by atoms with Crippen LogP contribution in [0.1, 0.15) is 0 Å². The molecular formula is C33H28N4O4. The van der Waals surface area contributed by atoms with Gasteiger partial charge in [-0.2, -0.15) is 0 Å². The number of anilines is 2. The molecule has 8 heteroatoms. The highest BCUT2D eigenvalue weighted by atomic mass is 16.5. The lowest BCUT2D eigenvalue weighted by molar-refractivity contribution is 0.144. The molecule has 0 unspecified atom stereocenters. The number of nitrogens with one attached hydrogen (secondary N) is 1. The van der Waals surface area contributed by atoms with Gasteiger partial charge in [0.15, 0.2) is 17.3 Å². The molecule has 0 saturated heterocycles. The van der Waals surface area contributed by atoms with Crippen molar-refractivity contribution in [2.75, 3.05) is 32.8 Å². The molecule has 0 amide bonds. The molecule has 0 fully saturated rings. The van der Waals surface area contributed by atoms with Crippen molar-refractivity contribution in [1.29, 1.82) is 0 Å². The molecule has 0 bridgehead atoms. The van der Waals surface area contributed by atoms with Crippen molar-refractivity contribution in [2.24, 2.45) is 0 Å². The van der Waals surface area contributed by atoms with E-state index in [1.807, 2.05) is 91.0 Å². The van der Waals surface area contributed by atoms with Gasteiger partial charge in [-0.05, 0) is 36.4 Å². The van der Waals surface area contributed by atoms with Crippen molar-refractivity contribution in [3.63, 3.8) is 0 Å². The Kier molecular flexibility index (Phi) is 7.55. The van der Waals surface area contributed by atoms with E-state index in [0.29, 0.717) is 42.0 Å². The molecular weight excluding hydrogens is 516 g/mol. The van der Waals surface area contributed by atoms with E-state index < -0.39 is 0 Å². The molecule has 0 saturated carbocycles. The van der Waals surface area contributed by atoms with E-state index in [1.165, 1.54) is 0 Å². The zero-order chi connectivity index (χ0) is 28.0. The minimum absolute atomic E-state index is 0.410. The van der Waals surface area contributed by atoms with Crippen LogP contribution in [-0.4, -0.2) is 42.6 Å². The second-order valence-electron chi connectivity index (χ2n) is 9.23. The van der Waals surface area contributed by atoms with Crippen molar-refractivity contribution < 1.29 is 18.9 Å². The van der Waals surface area contributed by atoms with Crippen LogP contribution >= 0.6 is 0 Å². The first kappa shape index (κ1) is 26.0. The third-order valence-corrected chi connectivity index (χ3v) is 6.61. The van der Waals surface area contributed by atoms with Gasteiger partial charge >= 0.3 is 0 Å². The van der Waals surface area contributed by atoms with Gasteiger partial charge in [0.2, 0.25) is 0 Å². The van der Waals surface area contributed by atoms with Crippen LogP contribution in [-0.2, 0) is 4.74 Å². The molecule has 0 radical (unpaired) electrons. The lowest BCUT2D eigenvalue weighted by Gasteiger charge is -2.14. The topological polar surface area (TPSA) is 87.6 Å². The maximum Gasteiger partial charge on any atom is 0.163 e. The van der Waals surface area contributed by atoms with Crippen LogP contribution in [0.5, 0.6) is 23.0 Å². The van der Waals surface area contributed by atoms with Crippen LogP contribution in [0.4, 0.5) is 11.5 Å². The fraction of sp³-hybridized carbons (Fsp3) is 0.121. The van der Waals surface area contributed by atoms with Crippen LogP contribution in [0.2, 0.25) is 0 Å². The Morgan fingerprint density at radius 1 is 0.683 bits per heavy atom. The smallest absolute Gasteiger partial charge is 0.163 e. The third-order valence-electron chi connectivity index (χ3n) is 6.61. The standard InChI is InChI=1S/C33H28N4O4/c1-38-18-19-40-31-21-28-27(20-30(31)39-2)29(16-17-34-28)41-24-14-12-23(13-15-24)35-33-26-11-7-6-10-25(26)32(36-37-33)22-8-4-3-5-9-22/h3-17,20-21H,18-19H2,1-2H3,(H,35,37). The first-order chi connectivity index (χ1) is 20.2. The van der Waals surface area contributed by atoms with Gasteiger partial charge in [0.25, 0.3) is 0 Å². The van der Waals surface area contributed by atoms with Crippen molar-refractivity contribution >= 4 is 33.2 Å². The highest BCUT2D eigenvalue weighted by Gasteiger charge is 2.13. The average molecular weight is 545 g/mol. The normalized spacial score (nSPS) is 11.0. The number of ether oxygens (including phenoxy) is 4. The zero-order valence-electron chi connectivity index (χ0n) is 22.7. The Hall–Kier alpha value is -5.21. The summed E-state index contributed by atoms with van der Waals surface area (Å²) in [5.74, 6) is 3.22. The van der Waals surface area contributed by atoms with Gasteiger partial charge < -0.3 is 24.3 Å². The summed E-state index contributed by atoms with van der Waals surface area (Å²) in [7, 11) is 3.24. The molecule has 6 aromatic rings. The number of aromatic nitrogens is 3. The Morgan fingerprint density at radius 3 is 2.24 bits per heavy atom. The number of rotatable bonds is 10. The van der Waals surface area contributed by atoms with Crippen LogP contribution < -0.4 is 19.5 Å². The fourth-order valence-corrected chi connectivity index (χ4v) is 4.60. The number of hydrogen-bond donors (Lipinski definition) is 1. The van der Waals surface area contributed by atoms with Gasteiger partial charge in [-0.25, -0.2) is 0 Å². The molecule has 2 aromatic heterocycles. The van der Waals surface area contributed by atoms with Crippen molar-refractivity contribution in [3.8, 4) is 34.3 Å². The average Bonchev–Trinajstić information content (AvgIpc) is 3.02. The molecule has 6 rings (SSSR count). The summed E-state index contributed by atoms with van der Waals surface area (Å²) in [4.78, 5) is 4.49. The first-order valence-electron chi connectivity index (χ1n) is 13.2. The highest BCUT2D eigenvalue weighted by molar-refractivity contribution is 6.00. The number of pyridine rings is 1. The maximum atomic E-state index is 6.26. The molecule has 41 heavy (non-hydrogen) atoms. The van der Waals surface area contributed by atoms with Crippen molar-refractivity contribution in [1.82, 2.24) is 15.2 Å². The maximum absolute atomic E-state index is 6.26. The number of methoxy groups -OCH3 is 2. The lowest BCUT2D eigenvalue weighted by atomic mass is 10.0. The van der Waals surface area contributed by atoms with Gasteiger partial charge in [0.1, 0.15) is 23.8 Å². The summed E-state index contributed by atoms with van der Waals surface area (Å²) >= 11 is 0. The largest absolute Gasteiger partial charge is 0.493 e. The molecule has 0 aliphatic rings. The molecule has 0 aliphatic heterocycles. The predicted octanol–water partition coefficient (Wildman–Crippen LogP) is 7.41. The SMILES string of the molecule is COCCOc1cc2nccc(Oc3ccc(Nc4nnc(-c5ccccc5)c5ccccc45)cc3)c2cc1OC. The highest BCUT2D eigenvalue weighted by Crippen LogP contribution is 2.37. The van der Waals surface area contributed by atoms with Crippen LogP contribution in [0.3, 0.4) is 0 Å². The Labute approximate surface area is 237 Å². The first-order valence-corrected chi connectivity index (χ1v) is 13.2. The minimum Gasteiger partial charge on any atom is -0.493 e. The summed E-state index contributed by atoms with van der Waals surface area (Å²) in [6.07, 6.45) is 1.71. The van der Waals surface area contributed by atoms with Gasteiger partial charge in [-0.15, -0.1) is 10.2 Å². The molecule has 4 aromatic carbocycles. The summed E-state index contributed by atoms with van der Waals surface area (Å²) in [5, 5.41) is 15.3. The summed E-state index contributed by atoms with van der Waals surface area (Å²) in [5.41, 5.74) is 3.48. The van der Waals surface area contributed by atoms with Gasteiger partial charge in [-0.3, -0.25) is 4.98 Å². The summed E-state index contributed by atoms with van der Waals surface area (Å²) in [6, 6.07) is 31.5. The zero-order valence-corrected chi connectivity index (χ0v) is 22.7. The fourth-order valence-electron chi connectivity index (χ4n) is 4.60. The Morgan fingerprint density at radius 2 is 1.46 bits per heavy atom. The molecule has 1 N–H and O–H groups in total. The van der Waals surface area contributed by atoms with Gasteiger partial charge in [-0.1, -0.05) is 54.6 Å². The number of benzene rings is 4. The van der Waals surface area contributed by atoms with Crippen LogP contribution in [0, 0.1) is 0 Å². The van der Waals surface area contributed by atoms with Crippen molar-refractivity contribution in [3.05, 3.63) is 103 Å². The number of hydrogen-bond acceptors (Lipinski definition) is 8. The summed E-state index contributed by atoms with van der Waals surface area (Å²) in [6.45, 7) is 0.887. The Bertz CT molecular complexity index is 1790. The third kappa shape index (κ3) is 5.59. The van der Waals surface area contributed by atoms with E-state index in [9.17, 15) is 0 Å². The van der Waals surface area contributed by atoms with Gasteiger partial charge in [0.05, 0.1) is 19.2 Å². The molecule has 0 aliphatic carbocycles. The Balaban J connectivity index is 1.23. The summed E-state index contributed by atoms with van der Waals surface area (Å²) < 4.78 is 22.7. The minimum atomic E-state index is 0.410. The van der Waals surface area contributed by atoms with E-state index in [4.69, 9.17) is 18.9 Å². The van der Waals surface area contributed by atoms with Crippen LogP contribution in [0.25, 0.3) is 32.9 Å². The quantitative estimate of drug-likeness (QED) is 0.178. The molecule has 8 nitrogen and oxygen atoms in total. The predicted molar refractivity (Wildman–Crippen MR) is 160 cm³/mol. The number of fused-ring (bicyclic) bond motifs is 2. The van der Waals surface area contributed by atoms with E-state index >= 15 is 0 Å². The van der Waals surface area contributed by atoms with Crippen molar-refractivity contribution in [2.45, 2.75) is 0 Å². The monoisotopic (exact) mass is 544 g/mol. The molecule has 2 heterocycles. The van der Waals surface area contributed by atoms with E-state index in [1.54, 1.807) is 20.4 Å². The second kappa shape index (κ2) is 11.9. The van der Waals surface area contributed by atoms with Gasteiger partial charge in [0, 0.05) is 46.8 Å².